The zero-order chi connectivity index (χ0) is 49.4. The lowest BCUT2D eigenvalue weighted by Gasteiger charge is -2.28. The minimum Gasteiger partial charge on any atom is -0.455 e. The van der Waals surface area contributed by atoms with Crippen LogP contribution in [-0.4, -0.2) is 4.57 Å². The second kappa shape index (κ2) is 17.4. The zero-order valence-electron chi connectivity index (χ0n) is 40.9. The van der Waals surface area contributed by atoms with Crippen LogP contribution in [0.25, 0.3) is 126 Å². The fourth-order valence-electron chi connectivity index (χ4n) is 11.9. The minimum atomic E-state index is 0.871. The first kappa shape index (κ1) is 42.7. The van der Waals surface area contributed by atoms with E-state index >= 15 is 0 Å². The standard InChI is InChI=1S/C72H46N2O/c1-4-23-58-49(16-1)38-43-65-71-64(29-15-33-70(71)75-72(58)65)63-28-9-10-30-67(63)73(55-41-36-48(37-42-55)51-19-14-21-56(45-51)74-68-31-11-7-26-61(68)62-27-8-12-32-69(62)74)54-39-34-47(35-40-54)50-18-13-20-52(44-50)66-46-53-17-2-3-22-57(53)59-24-5-6-25-60(59)66/h1-46H. The molecule has 15 aromatic rings. The number of rotatable bonds is 8. The summed E-state index contributed by atoms with van der Waals surface area (Å²) in [6, 6.07) is 101. The van der Waals surface area contributed by atoms with Gasteiger partial charge in [-0.05, 0) is 145 Å². The molecule has 15 rings (SSSR count). The number of anilines is 3. The van der Waals surface area contributed by atoms with Gasteiger partial charge < -0.3 is 13.9 Å². The van der Waals surface area contributed by atoms with Crippen molar-refractivity contribution in [2.75, 3.05) is 4.90 Å². The Morgan fingerprint density at radius 2 is 0.840 bits per heavy atom. The fourth-order valence-corrected chi connectivity index (χ4v) is 11.9. The van der Waals surface area contributed by atoms with Gasteiger partial charge in [-0.3, -0.25) is 0 Å². The molecule has 0 spiro atoms. The van der Waals surface area contributed by atoms with E-state index < -0.39 is 0 Å². The third kappa shape index (κ3) is 7.05. The summed E-state index contributed by atoms with van der Waals surface area (Å²) in [6.45, 7) is 0. The predicted molar refractivity (Wildman–Crippen MR) is 317 cm³/mol. The first-order valence-corrected chi connectivity index (χ1v) is 25.7. The van der Waals surface area contributed by atoms with Gasteiger partial charge >= 0.3 is 0 Å². The van der Waals surface area contributed by atoms with E-state index in [1.54, 1.807) is 0 Å². The van der Waals surface area contributed by atoms with E-state index in [0.717, 1.165) is 83.3 Å². The summed E-state index contributed by atoms with van der Waals surface area (Å²) in [5.74, 6) is 0. The molecule has 0 fully saturated rings. The van der Waals surface area contributed by atoms with E-state index in [9.17, 15) is 0 Å². The van der Waals surface area contributed by atoms with Crippen molar-refractivity contribution in [2.45, 2.75) is 0 Å². The van der Waals surface area contributed by atoms with Crippen LogP contribution in [0.2, 0.25) is 0 Å². The molecule has 2 aromatic heterocycles. The van der Waals surface area contributed by atoms with Gasteiger partial charge in [-0.2, -0.15) is 0 Å². The Kier molecular flexibility index (Phi) is 9.89. The third-order valence-corrected chi connectivity index (χ3v) is 15.4. The molecule has 75 heavy (non-hydrogen) atoms. The highest BCUT2D eigenvalue weighted by Gasteiger charge is 2.22. The Bertz CT molecular complexity index is 4660. The molecule has 0 unspecified atom stereocenters. The molecule has 0 aliphatic heterocycles. The van der Waals surface area contributed by atoms with Crippen LogP contribution in [0.4, 0.5) is 17.1 Å². The number of hydrogen-bond acceptors (Lipinski definition) is 2. The van der Waals surface area contributed by atoms with E-state index in [1.165, 1.54) is 60.0 Å². The van der Waals surface area contributed by atoms with Crippen LogP contribution in [0.15, 0.2) is 283 Å². The lowest BCUT2D eigenvalue weighted by Crippen LogP contribution is -2.11. The van der Waals surface area contributed by atoms with Gasteiger partial charge in [0.1, 0.15) is 11.2 Å². The number of fused-ring (bicyclic) bond motifs is 11. The number of furan rings is 1. The number of para-hydroxylation sites is 3. The van der Waals surface area contributed by atoms with Crippen molar-refractivity contribution in [3.63, 3.8) is 0 Å². The van der Waals surface area contributed by atoms with Gasteiger partial charge in [0.25, 0.3) is 0 Å². The number of nitrogens with zero attached hydrogens (tertiary/aromatic N) is 2. The molecule has 0 aliphatic rings. The molecule has 0 saturated heterocycles. The molecule has 3 heteroatoms. The molecule has 2 heterocycles. The second-order valence-electron chi connectivity index (χ2n) is 19.6. The Labute approximate surface area is 434 Å². The molecule has 0 radical (unpaired) electrons. The Morgan fingerprint density at radius 3 is 1.57 bits per heavy atom. The first-order valence-electron chi connectivity index (χ1n) is 25.7. The van der Waals surface area contributed by atoms with Crippen LogP contribution in [0.3, 0.4) is 0 Å². The summed E-state index contributed by atoms with van der Waals surface area (Å²) >= 11 is 0. The van der Waals surface area contributed by atoms with Crippen LogP contribution < -0.4 is 4.90 Å². The van der Waals surface area contributed by atoms with Gasteiger partial charge in [0.15, 0.2) is 0 Å². The zero-order valence-corrected chi connectivity index (χ0v) is 40.9. The molecular weight excluding hydrogens is 909 g/mol. The Hall–Kier alpha value is -9.96. The van der Waals surface area contributed by atoms with Crippen LogP contribution in [-0.2, 0) is 0 Å². The highest BCUT2D eigenvalue weighted by Crippen LogP contribution is 2.47. The first-order chi connectivity index (χ1) is 37.2. The SMILES string of the molecule is c1cc(-c2ccc(N(c3ccc(-c4cccc(-n5c6ccccc6c6ccccc65)c4)cc3)c3ccccc3-c3cccc4oc5c6ccccc6ccc5c34)cc2)cc(-c2cc3ccccc3c3ccccc23)c1. The van der Waals surface area contributed by atoms with Crippen LogP contribution in [0.5, 0.6) is 0 Å². The lowest BCUT2D eigenvalue weighted by atomic mass is 9.92. The van der Waals surface area contributed by atoms with Gasteiger partial charge in [0.05, 0.1) is 16.7 Å². The summed E-state index contributed by atoms with van der Waals surface area (Å²) < 4.78 is 9.13. The highest BCUT2D eigenvalue weighted by molar-refractivity contribution is 6.20. The Morgan fingerprint density at radius 1 is 0.293 bits per heavy atom. The van der Waals surface area contributed by atoms with Gasteiger partial charge in [-0.1, -0.05) is 200 Å². The third-order valence-electron chi connectivity index (χ3n) is 15.4. The van der Waals surface area contributed by atoms with E-state index in [4.69, 9.17) is 4.42 Å². The molecule has 0 amide bonds. The monoisotopic (exact) mass is 954 g/mol. The van der Waals surface area contributed by atoms with E-state index in [2.05, 4.69) is 289 Å². The van der Waals surface area contributed by atoms with Crippen LogP contribution in [0, 0.1) is 0 Å². The van der Waals surface area contributed by atoms with Crippen molar-refractivity contribution in [3.8, 4) is 50.2 Å². The molecule has 3 nitrogen and oxygen atoms in total. The predicted octanol–water partition coefficient (Wildman–Crippen LogP) is 20.3. The molecular formula is C72H46N2O. The Balaban J connectivity index is 0.856. The maximum atomic E-state index is 6.74. The largest absolute Gasteiger partial charge is 0.455 e. The normalized spacial score (nSPS) is 11.7. The summed E-state index contributed by atoms with van der Waals surface area (Å²) in [6.07, 6.45) is 0. The van der Waals surface area contributed by atoms with Crippen molar-refractivity contribution >= 4 is 93.1 Å². The topological polar surface area (TPSA) is 21.3 Å². The van der Waals surface area contributed by atoms with E-state index in [-0.39, 0.29) is 0 Å². The fraction of sp³-hybridized carbons (Fsp3) is 0. The smallest absolute Gasteiger partial charge is 0.143 e. The van der Waals surface area contributed by atoms with Crippen molar-refractivity contribution in [1.82, 2.24) is 4.57 Å². The van der Waals surface area contributed by atoms with Crippen LogP contribution >= 0.6 is 0 Å². The molecule has 0 bridgehead atoms. The molecule has 0 aliphatic carbocycles. The maximum Gasteiger partial charge on any atom is 0.143 e. The summed E-state index contributed by atoms with van der Waals surface area (Å²) in [4.78, 5) is 2.41. The number of aromatic nitrogens is 1. The van der Waals surface area contributed by atoms with E-state index in [0.29, 0.717) is 0 Å². The maximum absolute atomic E-state index is 6.74. The molecule has 350 valence electrons. The van der Waals surface area contributed by atoms with Gasteiger partial charge in [-0.15, -0.1) is 0 Å². The summed E-state index contributed by atoms with van der Waals surface area (Å²) in [5, 5.41) is 12.1. The van der Waals surface area contributed by atoms with Crippen molar-refractivity contribution in [2.24, 2.45) is 0 Å². The highest BCUT2D eigenvalue weighted by atomic mass is 16.3. The molecule has 0 atom stereocenters. The minimum absolute atomic E-state index is 0.871. The van der Waals surface area contributed by atoms with Gasteiger partial charge in [0.2, 0.25) is 0 Å². The van der Waals surface area contributed by atoms with Gasteiger partial charge in [0, 0.05) is 49.6 Å². The average Bonchev–Trinajstić information content (AvgIpc) is 4.08. The molecule has 0 saturated carbocycles. The number of benzene rings is 13. The quantitative estimate of drug-likeness (QED) is 0.142. The second-order valence-corrected chi connectivity index (χ2v) is 19.6. The lowest BCUT2D eigenvalue weighted by molar-refractivity contribution is 0.673. The number of hydrogen-bond donors (Lipinski definition) is 0. The van der Waals surface area contributed by atoms with Crippen molar-refractivity contribution < 1.29 is 4.42 Å². The van der Waals surface area contributed by atoms with E-state index in [1.807, 2.05) is 0 Å². The van der Waals surface area contributed by atoms with Crippen LogP contribution in [0.1, 0.15) is 0 Å². The molecule has 0 N–H and O–H groups in total. The average molecular weight is 955 g/mol. The summed E-state index contributed by atoms with van der Waals surface area (Å²) in [5.41, 5.74) is 17.8. The van der Waals surface area contributed by atoms with Gasteiger partial charge in [-0.25, -0.2) is 0 Å². The summed E-state index contributed by atoms with van der Waals surface area (Å²) in [7, 11) is 0. The molecule has 13 aromatic carbocycles. The van der Waals surface area contributed by atoms with Crippen molar-refractivity contribution in [3.05, 3.63) is 279 Å². The van der Waals surface area contributed by atoms with Crippen molar-refractivity contribution in [1.29, 1.82) is 0 Å².